The highest BCUT2D eigenvalue weighted by Gasteiger charge is 2.34. The van der Waals surface area contributed by atoms with Crippen LogP contribution in [0.4, 0.5) is 30.5 Å². The Morgan fingerprint density at radius 1 is 1.03 bits per heavy atom. The van der Waals surface area contributed by atoms with Crippen LogP contribution >= 0.6 is 0 Å². The SMILES string of the molecule is Cc1cc(Nc2ncn(-c3cc(F)cc(F)c3)n2)c(F)c(N2CC(N3CCOCC3)C2)c1.[HH]. The molecule has 3 heterocycles. The number of morpholine rings is 1. The number of rotatable bonds is 5. The summed E-state index contributed by atoms with van der Waals surface area (Å²) >= 11 is 0. The minimum absolute atomic E-state index is 0. The molecule has 3 aromatic rings. The summed E-state index contributed by atoms with van der Waals surface area (Å²) < 4.78 is 48.9. The third-order valence-electron chi connectivity index (χ3n) is 5.81. The summed E-state index contributed by atoms with van der Waals surface area (Å²) in [6.07, 6.45) is 1.31. The predicted molar refractivity (Wildman–Crippen MR) is 116 cm³/mol. The molecule has 7 nitrogen and oxygen atoms in total. The Morgan fingerprint density at radius 3 is 2.47 bits per heavy atom. The Morgan fingerprint density at radius 2 is 1.75 bits per heavy atom. The highest BCUT2D eigenvalue weighted by atomic mass is 19.1. The lowest BCUT2D eigenvalue weighted by atomic mass is 10.0. The van der Waals surface area contributed by atoms with Gasteiger partial charge in [-0.1, -0.05) is 0 Å². The largest absolute Gasteiger partial charge is 0.379 e. The van der Waals surface area contributed by atoms with Crippen LogP contribution in [-0.4, -0.2) is 65.1 Å². The van der Waals surface area contributed by atoms with Crippen LogP contribution in [0.25, 0.3) is 5.69 Å². The maximum atomic E-state index is 15.3. The summed E-state index contributed by atoms with van der Waals surface area (Å²) in [6, 6.07) is 6.98. The molecule has 2 aromatic carbocycles. The maximum absolute atomic E-state index is 15.3. The van der Waals surface area contributed by atoms with Gasteiger partial charge in [-0.15, -0.1) is 5.10 Å². The van der Waals surface area contributed by atoms with Crippen molar-refractivity contribution < 1.29 is 19.3 Å². The summed E-state index contributed by atoms with van der Waals surface area (Å²) in [5.74, 6) is -1.70. The monoisotopic (exact) mass is 446 g/mol. The summed E-state index contributed by atoms with van der Waals surface area (Å²) in [5, 5.41) is 7.06. The van der Waals surface area contributed by atoms with Crippen LogP contribution in [0.3, 0.4) is 0 Å². The summed E-state index contributed by atoms with van der Waals surface area (Å²) in [7, 11) is 0. The molecule has 170 valence electrons. The quantitative estimate of drug-likeness (QED) is 0.648. The number of hydrogen-bond donors (Lipinski definition) is 1. The molecule has 0 amide bonds. The molecule has 2 aliphatic rings. The first kappa shape index (κ1) is 20.8. The number of ether oxygens (including phenoxy) is 1. The Hall–Kier alpha value is -3.11. The van der Waals surface area contributed by atoms with Crippen LogP contribution in [-0.2, 0) is 4.74 Å². The molecule has 0 radical (unpaired) electrons. The van der Waals surface area contributed by atoms with Gasteiger partial charge in [-0.2, -0.15) is 4.98 Å². The molecule has 0 atom stereocenters. The number of anilines is 3. The van der Waals surface area contributed by atoms with Crippen LogP contribution in [0, 0.1) is 24.4 Å². The molecule has 10 heteroatoms. The first-order valence-corrected chi connectivity index (χ1v) is 10.5. The molecule has 0 unspecified atom stereocenters. The number of nitrogens with zero attached hydrogens (tertiary/aromatic N) is 5. The molecule has 2 saturated heterocycles. The lowest BCUT2D eigenvalue weighted by molar-refractivity contribution is 0.0104. The van der Waals surface area contributed by atoms with Crippen LogP contribution in [0.15, 0.2) is 36.7 Å². The smallest absolute Gasteiger partial charge is 0.247 e. The van der Waals surface area contributed by atoms with E-state index >= 15 is 4.39 Å². The lowest BCUT2D eigenvalue weighted by Crippen LogP contribution is -2.61. The maximum Gasteiger partial charge on any atom is 0.247 e. The van der Waals surface area contributed by atoms with E-state index in [0.717, 1.165) is 63.2 Å². The highest BCUT2D eigenvalue weighted by Crippen LogP contribution is 2.33. The molecule has 0 aliphatic carbocycles. The molecule has 0 saturated carbocycles. The van der Waals surface area contributed by atoms with Gasteiger partial charge in [-0.25, -0.2) is 17.9 Å². The normalized spacial score (nSPS) is 17.4. The lowest BCUT2D eigenvalue weighted by Gasteiger charge is -2.47. The highest BCUT2D eigenvalue weighted by molar-refractivity contribution is 5.66. The number of nitrogens with one attached hydrogen (secondary N) is 1. The second-order valence-corrected chi connectivity index (χ2v) is 8.12. The minimum Gasteiger partial charge on any atom is -0.379 e. The van der Waals surface area contributed by atoms with E-state index in [0.29, 0.717) is 11.7 Å². The van der Waals surface area contributed by atoms with Crippen molar-refractivity contribution in [3.63, 3.8) is 0 Å². The topological polar surface area (TPSA) is 58.5 Å². The van der Waals surface area contributed by atoms with Gasteiger partial charge in [-0.05, 0) is 36.8 Å². The van der Waals surface area contributed by atoms with Crippen molar-refractivity contribution in [1.82, 2.24) is 19.7 Å². The molecule has 32 heavy (non-hydrogen) atoms. The van der Waals surface area contributed by atoms with Crippen LogP contribution in [0.2, 0.25) is 0 Å². The number of halogens is 3. The molecule has 2 fully saturated rings. The molecule has 2 aliphatic heterocycles. The van der Waals surface area contributed by atoms with Crippen LogP contribution < -0.4 is 10.2 Å². The van der Waals surface area contributed by atoms with Crippen LogP contribution in [0.1, 0.15) is 6.99 Å². The van der Waals surface area contributed by atoms with Gasteiger partial charge in [0, 0.05) is 39.7 Å². The fraction of sp³-hybridized carbons (Fsp3) is 0.364. The van der Waals surface area contributed by atoms with E-state index in [4.69, 9.17) is 4.74 Å². The molecule has 5 rings (SSSR count). The van der Waals surface area contributed by atoms with Gasteiger partial charge in [0.15, 0.2) is 5.82 Å². The van der Waals surface area contributed by atoms with Crippen molar-refractivity contribution in [2.45, 2.75) is 13.0 Å². The third-order valence-corrected chi connectivity index (χ3v) is 5.81. The summed E-state index contributed by atoms with van der Waals surface area (Å²) in [4.78, 5) is 8.51. The molecule has 1 aromatic heterocycles. The Labute approximate surface area is 184 Å². The van der Waals surface area contributed by atoms with Gasteiger partial charge < -0.3 is 15.0 Å². The van der Waals surface area contributed by atoms with Crippen molar-refractivity contribution in [2.24, 2.45) is 0 Å². The number of hydrogen-bond acceptors (Lipinski definition) is 6. The Bertz CT molecular complexity index is 1110. The zero-order valence-electron chi connectivity index (χ0n) is 17.6. The predicted octanol–water partition coefficient (Wildman–Crippen LogP) is 3.50. The van der Waals surface area contributed by atoms with Crippen molar-refractivity contribution >= 4 is 17.3 Å². The van der Waals surface area contributed by atoms with E-state index in [1.165, 1.54) is 11.0 Å². The number of aromatic nitrogens is 3. The average molecular weight is 446 g/mol. The Balaban J connectivity index is 0.00000259. The van der Waals surface area contributed by atoms with Crippen molar-refractivity contribution in [1.29, 1.82) is 0 Å². The number of aryl methyl sites for hydroxylation is 1. The van der Waals surface area contributed by atoms with Gasteiger partial charge in [-0.3, -0.25) is 4.90 Å². The first-order valence-electron chi connectivity index (χ1n) is 10.5. The zero-order valence-corrected chi connectivity index (χ0v) is 17.6. The zero-order chi connectivity index (χ0) is 22.2. The van der Waals surface area contributed by atoms with Gasteiger partial charge in [0.2, 0.25) is 5.95 Å². The summed E-state index contributed by atoms with van der Waals surface area (Å²) in [6.45, 7) is 6.72. The third kappa shape index (κ3) is 4.15. The number of benzene rings is 2. The first-order chi connectivity index (χ1) is 15.5. The second-order valence-electron chi connectivity index (χ2n) is 8.12. The fourth-order valence-electron chi connectivity index (χ4n) is 4.13. The van der Waals surface area contributed by atoms with Gasteiger partial charge in [0.1, 0.15) is 18.0 Å². The van der Waals surface area contributed by atoms with E-state index < -0.39 is 11.6 Å². The summed E-state index contributed by atoms with van der Waals surface area (Å²) in [5.41, 5.74) is 1.86. The van der Waals surface area contributed by atoms with E-state index in [2.05, 4.69) is 20.3 Å². The van der Waals surface area contributed by atoms with Crippen molar-refractivity contribution in [3.8, 4) is 5.69 Å². The van der Waals surface area contributed by atoms with E-state index in [1.54, 1.807) is 6.07 Å². The van der Waals surface area contributed by atoms with Crippen LogP contribution in [0.5, 0.6) is 0 Å². The van der Waals surface area contributed by atoms with Crippen molar-refractivity contribution in [2.75, 3.05) is 49.6 Å². The molecule has 1 N–H and O–H groups in total. The average Bonchev–Trinajstić information content (AvgIpc) is 3.19. The van der Waals surface area contributed by atoms with Gasteiger partial charge in [0.25, 0.3) is 0 Å². The Kier molecular flexibility index (Phi) is 5.48. The minimum atomic E-state index is -0.718. The van der Waals surface area contributed by atoms with E-state index in [1.807, 2.05) is 17.9 Å². The molecular weight excluding hydrogens is 421 g/mol. The molecule has 0 spiro atoms. The molecular formula is C22H25F3N6O. The van der Waals surface area contributed by atoms with E-state index in [-0.39, 0.29) is 24.6 Å². The second kappa shape index (κ2) is 8.44. The standard InChI is InChI=1S/C22H23F3N6O.H2/c1-14-6-19(27-22-26-13-31(28-22)17-9-15(23)8-16(24)10-17)21(25)20(7-14)30-11-18(12-30)29-2-4-32-5-3-29;/h6-10,13,18H,2-5,11-12H2,1H3,(H,27,28);1H. The van der Waals surface area contributed by atoms with Crippen molar-refractivity contribution in [3.05, 3.63) is 59.7 Å². The van der Waals surface area contributed by atoms with Gasteiger partial charge in [0.05, 0.1) is 30.3 Å². The molecule has 0 bridgehead atoms. The fourth-order valence-corrected chi connectivity index (χ4v) is 4.13. The van der Waals surface area contributed by atoms with E-state index in [9.17, 15) is 8.78 Å². The van der Waals surface area contributed by atoms with Gasteiger partial charge >= 0.3 is 0 Å².